The number of hydrogen-bond acceptors (Lipinski definition) is 1. The highest BCUT2D eigenvalue weighted by atomic mass is 16.1. The van der Waals surface area contributed by atoms with E-state index in [1.165, 1.54) is 0 Å². The zero-order chi connectivity index (χ0) is 9.90. The monoisotopic (exact) mass is 176 g/mol. The van der Waals surface area contributed by atoms with Crippen LogP contribution in [0.3, 0.4) is 0 Å². The summed E-state index contributed by atoms with van der Waals surface area (Å²) >= 11 is 0. The zero-order valence-electron chi connectivity index (χ0n) is 8.50. The second-order valence-corrected chi connectivity index (χ2v) is 4.53. The van der Waals surface area contributed by atoms with E-state index in [1.54, 1.807) is 0 Å². The van der Waals surface area contributed by atoms with Crippen molar-refractivity contribution in [1.82, 2.24) is 0 Å². The average molecular weight is 176 g/mol. The van der Waals surface area contributed by atoms with Crippen molar-refractivity contribution in [2.75, 3.05) is 0 Å². The number of ketones is 1. The summed E-state index contributed by atoms with van der Waals surface area (Å²) in [6, 6.07) is 9.46. The highest BCUT2D eigenvalue weighted by Gasteiger charge is 2.16. The van der Waals surface area contributed by atoms with Crippen molar-refractivity contribution in [1.29, 1.82) is 0 Å². The topological polar surface area (TPSA) is 17.1 Å². The number of rotatable bonds is 2. The van der Waals surface area contributed by atoms with Crippen LogP contribution in [0.25, 0.3) is 0 Å². The molecule has 0 aromatic heterocycles. The summed E-state index contributed by atoms with van der Waals surface area (Å²) < 4.78 is 0. The van der Waals surface area contributed by atoms with E-state index in [4.69, 9.17) is 0 Å². The lowest BCUT2D eigenvalue weighted by molar-refractivity contribution is 0.0940. The Kier molecular flexibility index (Phi) is 2.86. The van der Waals surface area contributed by atoms with E-state index in [9.17, 15) is 4.79 Å². The maximum Gasteiger partial charge on any atom is 0.163 e. The Bertz CT molecular complexity index is 280. The van der Waals surface area contributed by atoms with Crippen molar-refractivity contribution in [3.05, 3.63) is 35.9 Å². The summed E-state index contributed by atoms with van der Waals surface area (Å²) in [5, 5.41) is 0. The molecule has 1 aromatic carbocycles. The predicted molar refractivity (Wildman–Crippen MR) is 54.8 cm³/mol. The first kappa shape index (κ1) is 9.97. The Labute approximate surface area is 79.8 Å². The summed E-state index contributed by atoms with van der Waals surface area (Å²) in [4.78, 5) is 11.7. The molecule has 13 heavy (non-hydrogen) atoms. The van der Waals surface area contributed by atoms with Gasteiger partial charge in [0.05, 0.1) is 0 Å². The van der Waals surface area contributed by atoms with Gasteiger partial charge < -0.3 is 0 Å². The normalized spacial score (nSPS) is 11.3. The van der Waals surface area contributed by atoms with E-state index < -0.39 is 0 Å². The first-order valence-corrected chi connectivity index (χ1v) is 4.57. The van der Waals surface area contributed by atoms with Gasteiger partial charge in [-0.2, -0.15) is 0 Å². The molecule has 0 atom stereocenters. The second kappa shape index (κ2) is 3.73. The Hall–Kier alpha value is -1.11. The van der Waals surface area contributed by atoms with Gasteiger partial charge in [-0.15, -0.1) is 0 Å². The summed E-state index contributed by atoms with van der Waals surface area (Å²) in [5.41, 5.74) is 0.893. The molecule has 0 unspecified atom stereocenters. The summed E-state index contributed by atoms with van der Waals surface area (Å²) in [6.07, 6.45) is 0.608. The van der Waals surface area contributed by atoms with Gasteiger partial charge in [0.1, 0.15) is 0 Å². The Balaban J connectivity index is 2.71. The maximum atomic E-state index is 11.7. The van der Waals surface area contributed by atoms with Crippen molar-refractivity contribution in [2.45, 2.75) is 27.2 Å². The fourth-order valence-corrected chi connectivity index (χ4v) is 1.21. The average Bonchev–Trinajstić information content (AvgIpc) is 2.03. The molecule has 1 rings (SSSR count). The van der Waals surface area contributed by atoms with Gasteiger partial charge in [-0.1, -0.05) is 51.1 Å². The molecule has 0 fully saturated rings. The number of benzene rings is 1. The third-order valence-electron chi connectivity index (χ3n) is 1.79. The van der Waals surface area contributed by atoms with E-state index in [2.05, 4.69) is 20.8 Å². The molecule has 0 radical (unpaired) electrons. The molecule has 1 aromatic rings. The van der Waals surface area contributed by atoms with Crippen LogP contribution in [0.2, 0.25) is 0 Å². The molecule has 1 heteroatoms. The van der Waals surface area contributed by atoms with Crippen LogP contribution in [0.15, 0.2) is 30.3 Å². The molecule has 0 aliphatic carbocycles. The Morgan fingerprint density at radius 3 is 2.15 bits per heavy atom. The van der Waals surface area contributed by atoms with E-state index in [-0.39, 0.29) is 11.2 Å². The number of carbonyl (C=O) groups is 1. The fraction of sp³-hybridized carbons (Fsp3) is 0.417. The largest absolute Gasteiger partial charge is 0.294 e. The van der Waals surface area contributed by atoms with E-state index in [0.29, 0.717) is 6.42 Å². The smallest absolute Gasteiger partial charge is 0.163 e. The van der Waals surface area contributed by atoms with Crippen molar-refractivity contribution >= 4 is 5.78 Å². The molecule has 0 amide bonds. The molecular formula is C12H16O. The van der Waals surface area contributed by atoms with Crippen molar-refractivity contribution < 1.29 is 4.79 Å². The number of hydrogen-bond donors (Lipinski definition) is 0. The van der Waals surface area contributed by atoms with Crippen molar-refractivity contribution in [3.63, 3.8) is 0 Å². The lowest BCUT2D eigenvalue weighted by atomic mass is 9.88. The van der Waals surface area contributed by atoms with Crippen LogP contribution in [0.4, 0.5) is 0 Å². The van der Waals surface area contributed by atoms with Crippen molar-refractivity contribution in [3.8, 4) is 0 Å². The van der Waals surface area contributed by atoms with E-state index in [0.717, 1.165) is 5.56 Å². The SMILES string of the molecule is CC(C)(C)CC(=O)c1ccccc1. The van der Waals surface area contributed by atoms with Crippen LogP contribution in [0.1, 0.15) is 37.6 Å². The highest BCUT2D eigenvalue weighted by Crippen LogP contribution is 2.21. The molecule has 70 valence electrons. The van der Waals surface area contributed by atoms with Gasteiger partial charge in [0.15, 0.2) is 5.78 Å². The predicted octanol–water partition coefficient (Wildman–Crippen LogP) is 3.31. The molecule has 0 saturated heterocycles. The molecule has 0 aliphatic rings. The zero-order valence-corrected chi connectivity index (χ0v) is 8.50. The highest BCUT2D eigenvalue weighted by molar-refractivity contribution is 5.96. The minimum absolute atomic E-state index is 0.0763. The molecule has 0 bridgehead atoms. The maximum absolute atomic E-state index is 11.7. The lowest BCUT2D eigenvalue weighted by Gasteiger charge is -2.16. The minimum atomic E-state index is 0.0763. The van der Waals surface area contributed by atoms with Gasteiger partial charge in [-0.05, 0) is 5.41 Å². The number of Topliss-reactive ketones (excluding diaryl/α,β-unsaturated/α-hetero) is 1. The molecule has 0 heterocycles. The Morgan fingerprint density at radius 2 is 1.69 bits per heavy atom. The minimum Gasteiger partial charge on any atom is -0.294 e. The van der Waals surface area contributed by atoms with Gasteiger partial charge in [0.25, 0.3) is 0 Å². The number of carbonyl (C=O) groups excluding carboxylic acids is 1. The summed E-state index contributed by atoms with van der Waals surface area (Å²) in [7, 11) is 0. The van der Waals surface area contributed by atoms with Gasteiger partial charge in [-0.3, -0.25) is 4.79 Å². The van der Waals surface area contributed by atoms with E-state index >= 15 is 0 Å². The van der Waals surface area contributed by atoms with Crippen LogP contribution in [0, 0.1) is 5.41 Å². The van der Waals surface area contributed by atoms with Gasteiger partial charge in [-0.25, -0.2) is 0 Å². The molecule has 0 aliphatic heterocycles. The molecule has 1 nitrogen and oxygen atoms in total. The first-order chi connectivity index (χ1) is 5.99. The molecule has 0 N–H and O–H groups in total. The molecule has 0 saturated carbocycles. The van der Waals surface area contributed by atoms with Gasteiger partial charge in [0.2, 0.25) is 0 Å². The second-order valence-electron chi connectivity index (χ2n) is 4.53. The van der Waals surface area contributed by atoms with Crippen LogP contribution in [-0.2, 0) is 0 Å². The van der Waals surface area contributed by atoms with Gasteiger partial charge >= 0.3 is 0 Å². The third kappa shape index (κ3) is 3.41. The van der Waals surface area contributed by atoms with Crippen LogP contribution in [0.5, 0.6) is 0 Å². The summed E-state index contributed by atoms with van der Waals surface area (Å²) in [5.74, 6) is 0.230. The molecule has 0 spiro atoms. The van der Waals surface area contributed by atoms with E-state index in [1.807, 2.05) is 30.3 Å². The Morgan fingerprint density at radius 1 is 1.15 bits per heavy atom. The van der Waals surface area contributed by atoms with Crippen LogP contribution < -0.4 is 0 Å². The van der Waals surface area contributed by atoms with Gasteiger partial charge in [0, 0.05) is 12.0 Å². The van der Waals surface area contributed by atoms with Crippen LogP contribution >= 0.6 is 0 Å². The standard InChI is InChI=1S/C12H16O/c1-12(2,3)9-11(13)10-7-5-4-6-8-10/h4-8H,9H2,1-3H3. The first-order valence-electron chi connectivity index (χ1n) is 4.57. The third-order valence-corrected chi connectivity index (χ3v) is 1.79. The summed E-state index contributed by atoms with van der Waals surface area (Å²) in [6.45, 7) is 6.23. The quantitative estimate of drug-likeness (QED) is 0.632. The van der Waals surface area contributed by atoms with Crippen molar-refractivity contribution in [2.24, 2.45) is 5.41 Å². The lowest BCUT2D eigenvalue weighted by Crippen LogP contribution is -2.12. The molecular weight excluding hydrogens is 160 g/mol. The fourth-order valence-electron chi connectivity index (χ4n) is 1.21. The van der Waals surface area contributed by atoms with Crippen LogP contribution in [-0.4, -0.2) is 5.78 Å².